The van der Waals surface area contributed by atoms with Gasteiger partial charge in [-0.1, -0.05) is 0 Å². The number of carbonyl (C=O) groups is 4. The third-order valence-electron chi connectivity index (χ3n) is 12.5. The second-order valence-corrected chi connectivity index (χ2v) is 17.5. The number of ether oxygens (including phenoxy) is 14. The zero-order chi connectivity index (χ0) is 58.2. The number of hydrogen-bond acceptors (Lipinski definition) is 21. The second kappa shape index (κ2) is 28.3. The van der Waals surface area contributed by atoms with Crippen molar-refractivity contribution in [3.8, 4) is 51.7 Å². The smallest absolute Gasteiger partial charge is 0.340 e. The van der Waals surface area contributed by atoms with Gasteiger partial charge in [0.05, 0.1) is 75.1 Å². The van der Waals surface area contributed by atoms with Gasteiger partial charge >= 0.3 is 29.6 Å². The molecule has 5 unspecified atom stereocenters. The minimum atomic E-state index is -1.08. The summed E-state index contributed by atoms with van der Waals surface area (Å²) in [5.74, 6) is 0.483. The number of likely N-dealkylation sites (N-methyl/N-ethyl adjacent to an activating group) is 1. The molecule has 0 spiro atoms. The quantitative estimate of drug-likeness (QED) is 0.0173. The number of aryl methyl sites for hydroxylation is 1. The van der Waals surface area contributed by atoms with Crippen LogP contribution in [0.15, 0.2) is 69.9 Å². The number of hydrogen-bond donors (Lipinski definition) is 1. The predicted octanol–water partition coefficient (Wildman–Crippen LogP) is 7.87. The van der Waals surface area contributed by atoms with Crippen molar-refractivity contribution in [1.82, 2.24) is 9.80 Å². The molecule has 0 radical (unpaired) electrons. The van der Waals surface area contributed by atoms with Crippen LogP contribution in [0.25, 0.3) is 17.0 Å². The van der Waals surface area contributed by atoms with Gasteiger partial charge in [-0.2, -0.15) is 0 Å². The molecule has 79 heavy (non-hydrogen) atoms. The van der Waals surface area contributed by atoms with Gasteiger partial charge in [0.15, 0.2) is 34.5 Å². The van der Waals surface area contributed by atoms with E-state index in [1.807, 2.05) is 0 Å². The Kier molecular flexibility index (Phi) is 22.0. The topological polar surface area (TPSA) is 246 Å². The predicted molar refractivity (Wildman–Crippen MR) is 288 cm³/mol. The van der Waals surface area contributed by atoms with Crippen LogP contribution in [0.2, 0.25) is 0 Å². The van der Waals surface area contributed by atoms with Crippen LogP contribution in [0, 0.1) is 6.92 Å². The molecule has 4 aromatic carbocycles. The maximum absolute atomic E-state index is 14.0. The number of rotatable bonds is 27. The van der Waals surface area contributed by atoms with Crippen LogP contribution in [-0.4, -0.2) is 150 Å². The molecule has 0 aliphatic heterocycles. The fourth-order valence-corrected chi connectivity index (χ4v) is 8.13. The number of carbonyl (C=O) groups excluding carboxylic acids is 4. The summed E-state index contributed by atoms with van der Waals surface area (Å²) in [6.45, 7) is 8.08. The molecule has 23 heteroatoms. The molecule has 0 aliphatic rings. The van der Waals surface area contributed by atoms with Crippen molar-refractivity contribution in [2.24, 2.45) is 0 Å². The minimum absolute atomic E-state index is 0.00270. The zero-order valence-corrected chi connectivity index (χ0v) is 47.2. The first-order valence-corrected chi connectivity index (χ1v) is 24.5. The number of methoxy groups -OCH3 is 9. The summed E-state index contributed by atoms with van der Waals surface area (Å²) in [6.07, 6.45) is -2.20. The first kappa shape index (κ1) is 61.4. The lowest BCUT2D eigenvalue weighted by molar-refractivity contribution is -0.189. The van der Waals surface area contributed by atoms with Gasteiger partial charge < -0.3 is 80.9 Å². The highest BCUT2D eigenvalue weighted by Crippen LogP contribution is 2.41. The van der Waals surface area contributed by atoms with Crippen LogP contribution in [0.5, 0.6) is 51.7 Å². The second-order valence-electron chi connectivity index (χ2n) is 17.5. The lowest BCUT2D eigenvalue weighted by Gasteiger charge is -2.30. The fourth-order valence-electron chi connectivity index (χ4n) is 8.13. The van der Waals surface area contributed by atoms with Crippen molar-refractivity contribution in [1.29, 1.82) is 0 Å². The first-order valence-electron chi connectivity index (χ1n) is 24.5. The zero-order valence-electron chi connectivity index (χ0n) is 47.2. The van der Waals surface area contributed by atoms with E-state index in [4.69, 9.17) is 70.7 Å². The number of esters is 3. The normalized spacial score (nSPS) is 13.1. The van der Waals surface area contributed by atoms with Crippen molar-refractivity contribution < 1.29 is 89.9 Å². The highest BCUT2D eigenvalue weighted by atomic mass is 16.7. The average Bonchev–Trinajstić information content (AvgIpc) is 3.45. The summed E-state index contributed by atoms with van der Waals surface area (Å²) >= 11 is 0. The van der Waals surface area contributed by atoms with E-state index < -0.39 is 60.7 Å². The molecule has 5 aromatic rings. The Hall–Kier alpha value is -8.41. The van der Waals surface area contributed by atoms with Crippen molar-refractivity contribution >= 4 is 46.7 Å². The molecule has 0 aliphatic carbocycles. The summed E-state index contributed by atoms with van der Waals surface area (Å²) < 4.78 is 83.5. The molecular weight excluding hydrogens is 1030 g/mol. The molecule has 1 heterocycles. The van der Waals surface area contributed by atoms with Crippen molar-refractivity contribution in [3.63, 3.8) is 0 Å². The number of urea groups is 1. The molecule has 1 N–H and O–H groups in total. The van der Waals surface area contributed by atoms with Gasteiger partial charge in [-0.25, -0.2) is 24.0 Å². The molecule has 428 valence electrons. The largest absolute Gasteiger partial charge is 0.493 e. The molecule has 0 saturated heterocycles. The van der Waals surface area contributed by atoms with Gasteiger partial charge in [0.25, 0.3) is 0 Å². The van der Waals surface area contributed by atoms with E-state index in [-0.39, 0.29) is 64.0 Å². The number of amides is 2. The maximum atomic E-state index is 14.0. The molecule has 5 atom stereocenters. The number of benzene rings is 4. The van der Waals surface area contributed by atoms with Gasteiger partial charge in [0.2, 0.25) is 29.8 Å². The Labute approximate surface area is 457 Å². The summed E-state index contributed by atoms with van der Waals surface area (Å²) in [7, 11) is 16.2. The van der Waals surface area contributed by atoms with Crippen LogP contribution >= 0.6 is 0 Å². The van der Waals surface area contributed by atoms with E-state index in [1.54, 1.807) is 63.9 Å². The standard InChI is InChI=1S/C56H69N3O20/c1-30-40-19-18-38(57-56(64)59(7)32(3)75-33(4)76-49(60)20-17-35-21-43(65-8)50(71-14)44(22-35)66-9)27-42(40)79-55(63)41(30)28-39(78-54(62)37-25-47(69-12)52(73-16)48(26-37)70-13)29-58(6)31(2)74-34(5)77-53(61)36-23-45(67-10)51(72-15)46(24-36)68-11/h17-27,31-34,39H,28-29H2,1-16H3,(H,57,64). The van der Waals surface area contributed by atoms with Crippen molar-refractivity contribution in [2.45, 2.75) is 72.2 Å². The van der Waals surface area contributed by atoms with Gasteiger partial charge in [-0.15, -0.1) is 0 Å². The lowest BCUT2D eigenvalue weighted by Crippen LogP contribution is -2.42. The van der Waals surface area contributed by atoms with E-state index >= 15 is 0 Å². The monoisotopic (exact) mass is 1100 g/mol. The summed E-state index contributed by atoms with van der Waals surface area (Å²) in [4.78, 5) is 70.4. The minimum Gasteiger partial charge on any atom is -0.493 e. The van der Waals surface area contributed by atoms with Gasteiger partial charge in [-0.3, -0.25) is 4.90 Å². The van der Waals surface area contributed by atoms with Crippen molar-refractivity contribution in [2.75, 3.05) is 89.9 Å². The van der Waals surface area contributed by atoms with Gasteiger partial charge in [-0.05, 0) is 107 Å². The number of nitrogens with one attached hydrogen (secondary N) is 1. The van der Waals surface area contributed by atoms with Gasteiger partial charge in [0.1, 0.15) is 24.1 Å². The van der Waals surface area contributed by atoms with Crippen LogP contribution in [0.1, 0.15) is 65.1 Å². The van der Waals surface area contributed by atoms with Crippen LogP contribution in [-0.2, 0) is 34.9 Å². The number of anilines is 1. The third kappa shape index (κ3) is 15.4. The summed E-state index contributed by atoms with van der Waals surface area (Å²) in [6, 6.07) is 13.3. The Balaban J connectivity index is 1.30. The molecule has 5 rings (SSSR count). The van der Waals surface area contributed by atoms with Gasteiger partial charge in [0, 0.05) is 48.8 Å². The maximum Gasteiger partial charge on any atom is 0.340 e. The van der Waals surface area contributed by atoms with Crippen molar-refractivity contribution in [3.05, 3.63) is 98.9 Å². The van der Waals surface area contributed by atoms with E-state index in [0.29, 0.717) is 45.2 Å². The molecular formula is C56H69N3O20. The number of nitrogens with zero attached hydrogens (tertiary/aromatic N) is 2. The van der Waals surface area contributed by atoms with E-state index in [2.05, 4.69) is 5.32 Å². The first-order chi connectivity index (χ1) is 37.7. The Bertz CT molecular complexity index is 2970. The lowest BCUT2D eigenvalue weighted by atomic mass is 10.0. The molecule has 1 aromatic heterocycles. The third-order valence-corrected chi connectivity index (χ3v) is 12.5. The van der Waals surface area contributed by atoms with Crippen LogP contribution in [0.4, 0.5) is 10.5 Å². The molecule has 0 bridgehead atoms. The van der Waals surface area contributed by atoms with Crippen LogP contribution in [0.3, 0.4) is 0 Å². The summed E-state index contributed by atoms with van der Waals surface area (Å²) in [5.41, 5.74) is 1.23. The average molecular weight is 1100 g/mol. The highest BCUT2D eigenvalue weighted by Gasteiger charge is 2.29. The molecule has 0 fully saturated rings. The molecule has 0 saturated carbocycles. The summed E-state index contributed by atoms with van der Waals surface area (Å²) in [5, 5.41) is 3.31. The molecule has 23 nitrogen and oxygen atoms in total. The highest BCUT2D eigenvalue weighted by molar-refractivity contribution is 5.94. The molecule has 2 amide bonds. The van der Waals surface area contributed by atoms with E-state index in [1.165, 1.54) is 125 Å². The fraction of sp³-hybridized carbons (Fsp3) is 0.411. The Morgan fingerprint density at radius 2 is 1.05 bits per heavy atom. The Morgan fingerprint density at radius 3 is 1.53 bits per heavy atom. The van der Waals surface area contributed by atoms with Crippen LogP contribution < -0.4 is 53.6 Å². The SMILES string of the molecule is COc1cc(C=CC(=O)OC(C)OC(C)N(C)C(=O)Nc2ccc3c(C)c(CC(CN(C)C(C)OC(C)OC(=O)c4cc(OC)c(OC)c(OC)c4)OC(=O)c4cc(OC)c(OC)c(OC)c4)c(=O)oc3c2)cc(OC)c1OC. The Morgan fingerprint density at radius 1 is 0.595 bits per heavy atom. The number of fused-ring (bicyclic) bond motifs is 1. The van der Waals surface area contributed by atoms with E-state index in [9.17, 15) is 24.0 Å². The van der Waals surface area contributed by atoms with E-state index in [0.717, 1.165) is 0 Å².